The van der Waals surface area contributed by atoms with E-state index in [1.807, 2.05) is 0 Å². The van der Waals surface area contributed by atoms with E-state index in [1.54, 1.807) is 6.08 Å². The summed E-state index contributed by atoms with van der Waals surface area (Å²) in [6.45, 7) is 3.67. The van der Waals surface area contributed by atoms with Crippen molar-refractivity contribution in [1.82, 2.24) is 19.5 Å². The minimum Gasteiger partial charge on any atom is -0.394 e. The first-order valence-corrected chi connectivity index (χ1v) is 7.04. The summed E-state index contributed by atoms with van der Waals surface area (Å²) in [5, 5.41) is 32.2. The first kappa shape index (κ1) is 15.6. The second-order valence-corrected chi connectivity index (χ2v) is 5.15. The number of hydrogen-bond acceptors (Lipinski definition) is 9. The van der Waals surface area contributed by atoms with Gasteiger partial charge in [0.2, 0.25) is 5.95 Å². The number of rotatable bonds is 5. The zero-order chi connectivity index (χ0) is 16.6. The molecule has 2 aromatic rings. The van der Waals surface area contributed by atoms with Gasteiger partial charge in [0.25, 0.3) is 0 Å². The normalized spacial score (nSPS) is 27.4. The van der Waals surface area contributed by atoms with E-state index in [4.69, 9.17) is 10.5 Å². The molecule has 3 heterocycles. The number of nitrogens with two attached hydrogens (primary N) is 1. The molecule has 10 nitrogen and oxygen atoms in total. The predicted molar refractivity (Wildman–Crippen MR) is 81.4 cm³/mol. The fourth-order valence-electron chi connectivity index (χ4n) is 2.52. The summed E-state index contributed by atoms with van der Waals surface area (Å²) in [5.41, 5.74) is 6.51. The first-order chi connectivity index (χ1) is 11.1. The van der Waals surface area contributed by atoms with Crippen LogP contribution in [0.2, 0.25) is 0 Å². The standard InChI is InChI=1S/C13H18N6O4/c1-2-3-15-10-7-11(18-13(14)17-10)19(5-16-7)12-9(22)8(21)6(4-20)23-12/h2,5-6,8-9,12,20-22H,1,3-4H2,(H3,14,15,17,18)/t6-,8-,9-,12-/m1/s1. The number of hydrogen-bond donors (Lipinski definition) is 5. The molecular weight excluding hydrogens is 304 g/mol. The molecule has 124 valence electrons. The lowest BCUT2D eigenvalue weighted by Crippen LogP contribution is -2.33. The number of aromatic nitrogens is 4. The van der Waals surface area contributed by atoms with Crippen LogP contribution in [0.25, 0.3) is 11.2 Å². The maximum Gasteiger partial charge on any atom is 0.224 e. The summed E-state index contributed by atoms with van der Waals surface area (Å²) in [6, 6.07) is 0. The lowest BCUT2D eigenvalue weighted by molar-refractivity contribution is -0.0511. The maximum absolute atomic E-state index is 10.1. The molecule has 23 heavy (non-hydrogen) atoms. The van der Waals surface area contributed by atoms with Gasteiger partial charge in [-0.1, -0.05) is 6.08 Å². The SMILES string of the molecule is C=CCNc1nc(N)nc2c1ncn2[C@@H]1O[C@H](CO)[C@@H](O)[C@H]1O. The summed E-state index contributed by atoms with van der Waals surface area (Å²) < 4.78 is 6.94. The van der Waals surface area contributed by atoms with Gasteiger partial charge in [0.15, 0.2) is 23.2 Å². The number of nitrogen functional groups attached to an aromatic ring is 1. The van der Waals surface area contributed by atoms with Crippen molar-refractivity contribution >= 4 is 22.9 Å². The molecule has 0 aromatic carbocycles. The highest BCUT2D eigenvalue weighted by atomic mass is 16.6. The second kappa shape index (κ2) is 6.08. The van der Waals surface area contributed by atoms with E-state index in [-0.39, 0.29) is 5.95 Å². The molecule has 0 spiro atoms. The van der Waals surface area contributed by atoms with Crippen molar-refractivity contribution < 1.29 is 20.1 Å². The van der Waals surface area contributed by atoms with Crippen LogP contribution in [-0.4, -0.2) is 66.3 Å². The van der Waals surface area contributed by atoms with Crippen molar-refractivity contribution in [2.24, 2.45) is 0 Å². The van der Waals surface area contributed by atoms with Gasteiger partial charge in [-0.2, -0.15) is 9.97 Å². The van der Waals surface area contributed by atoms with Crippen LogP contribution < -0.4 is 11.1 Å². The number of nitrogens with one attached hydrogen (secondary N) is 1. The second-order valence-electron chi connectivity index (χ2n) is 5.15. The molecule has 4 atom stereocenters. The van der Waals surface area contributed by atoms with Gasteiger partial charge in [0, 0.05) is 6.54 Å². The molecule has 10 heteroatoms. The fourth-order valence-corrected chi connectivity index (χ4v) is 2.52. The number of ether oxygens (including phenoxy) is 1. The fraction of sp³-hybridized carbons (Fsp3) is 0.462. The van der Waals surface area contributed by atoms with Gasteiger partial charge < -0.3 is 31.1 Å². The van der Waals surface area contributed by atoms with Gasteiger partial charge in [-0.05, 0) is 0 Å². The van der Waals surface area contributed by atoms with E-state index in [1.165, 1.54) is 10.9 Å². The molecule has 1 aliphatic heterocycles. The molecule has 0 bridgehead atoms. The summed E-state index contributed by atoms with van der Waals surface area (Å²) in [4.78, 5) is 12.4. The van der Waals surface area contributed by atoms with Crippen molar-refractivity contribution in [1.29, 1.82) is 0 Å². The van der Waals surface area contributed by atoms with E-state index in [0.29, 0.717) is 23.5 Å². The minimum absolute atomic E-state index is 0.0255. The molecule has 0 aliphatic carbocycles. The van der Waals surface area contributed by atoms with Crippen LogP contribution in [0, 0.1) is 0 Å². The van der Waals surface area contributed by atoms with Gasteiger partial charge in [0.05, 0.1) is 12.9 Å². The quantitative estimate of drug-likeness (QED) is 0.419. The van der Waals surface area contributed by atoms with E-state index in [9.17, 15) is 15.3 Å². The summed E-state index contributed by atoms with van der Waals surface area (Å²) in [7, 11) is 0. The van der Waals surface area contributed by atoms with Crippen LogP contribution in [0.4, 0.5) is 11.8 Å². The molecule has 0 unspecified atom stereocenters. The van der Waals surface area contributed by atoms with E-state index >= 15 is 0 Å². The van der Waals surface area contributed by atoms with Crippen molar-refractivity contribution in [3.8, 4) is 0 Å². The third-order valence-electron chi connectivity index (χ3n) is 3.64. The Morgan fingerprint density at radius 3 is 2.83 bits per heavy atom. The number of fused-ring (bicyclic) bond motifs is 1. The van der Waals surface area contributed by atoms with Crippen molar-refractivity contribution in [2.45, 2.75) is 24.5 Å². The first-order valence-electron chi connectivity index (χ1n) is 7.04. The number of aliphatic hydroxyl groups is 3. The highest BCUT2D eigenvalue weighted by Gasteiger charge is 2.44. The Balaban J connectivity index is 2.02. The van der Waals surface area contributed by atoms with Crippen LogP contribution in [0.5, 0.6) is 0 Å². The Morgan fingerprint density at radius 1 is 1.39 bits per heavy atom. The molecule has 1 saturated heterocycles. The van der Waals surface area contributed by atoms with E-state index in [0.717, 1.165) is 0 Å². The number of imidazole rings is 1. The van der Waals surface area contributed by atoms with Gasteiger partial charge in [0.1, 0.15) is 18.3 Å². The van der Waals surface area contributed by atoms with Crippen LogP contribution in [-0.2, 0) is 4.74 Å². The van der Waals surface area contributed by atoms with Crippen molar-refractivity contribution in [3.05, 3.63) is 19.0 Å². The van der Waals surface area contributed by atoms with Crippen molar-refractivity contribution in [3.63, 3.8) is 0 Å². The zero-order valence-electron chi connectivity index (χ0n) is 12.2. The monoisotopic (exact) mass is 322 g/mol. The molecule has 0 radical (unpaired) electrons. The van der Waals surface area contributed by atoms with Gasteiger partial charge in [-0.15, -0.1) is 6.58 Å². The lowest BCUT2D eigenvalue weighted by Gasteiger charge is -2.16. The highest BCUT2D eigenvalue weighted by molar-refractivity contribution is 5.84. The molecule has 6 N–H and O–H groups in total. The van der Waals surface area contributed by atoms with Gasteiger partial charge in [-0.25, -0.2) is 4.98 Å². The van der Waals surface area contributed by atoms with Crippen LogP contribution in [0.15, 0.2) is 19.0 Å². The predicted octanol–water partition coefficient (Wildman–Crippen LogP) is -1.38. The zero-order valence-corrected chi connectivity index (χ0v) is 12.2. The van der Waals surface area contributed by atoms with Gasteiger partial charge >= 0.3 is 0 Å². The van der Waals surface area contributed by atoms with Crippen LogP contribution in [0.1, 0.15) is 6.23 Å². The topological polar surface area (TPSA) is 152 Å². The van der Waals surface area contributed by atoms with E-state index < -0.39 is 31.1 Å². The molecule has 2 aromatic heterocycles. The smallest absolute Gasteiger partial charge is 0.224 e. The summed E-state index contributed by atoms with van der Waals surface area (Å²) in [5.74, 6) is 0.454. The Morgan fingerprint density at radius 2 is 2.17 bits per heavy atom. The van der Waals surface area contributed by atoms with Gasteiger partial charge in [-0.3, -0.25) is 4.57 Å². The van der Waals surface area contributed by atoms with Crippen molar-refractivity contribution in [2.75, 3.05) is 24.2 Å². The van der Waals surface area contributed by atoms with Crippen LogP contribution in [0.3, 0.4) is 0 Å². The molecule has 0 amide bonds. The third kappa shape index (κ3) is 2.61. The summed E-state index contributed by atoms with van der Waals surface area (Å²) >= 11 is 0. The average molecular weight is 322 g/mol. The molecular formula is C13H18N6O4. The lowest BCUT2D eigenvalue weighted by atomic mass is 10.1. The number of anilines is 2. The molecule has 0 saturated carbocycles. The molecule has 3 rings (SSSR count). The Bertz CT molecular complexity index is 720. The maximum atomic E-state index is 10.1. The number of nitrogens with zero attached hydrogens (tertiary/aromatic N) is 4. The molecule has 1 aliphatic rings. The Kier molecular flexibility index (Phi) is 4.13. The average Bonchev–Trinajstić information content (AvgIpc) is 3.07. The molecule has 1 fully saturated rings. The minimum atomic E-state index is -1.23. The third-order valence-corrected chi connectivity index (χ3v) is 3.64. The van der Waals surface area contributed by atoms with E-state index in [2.05, 4.69) is 26.8 Å². The highest BCUT2D eigenvalue weighted by Crippen LogP contribution is 2.32. The summed E-state index contributed by atoms with van der Waals surface area (Å²) in [6.07, 6.45) is -1.19. The number of aliphatic hydroxyl groups excluding tert-OH is 3. The largest absolute Gasteiger partial charge is 0.394 e. The van der Waals surface area contributed by atoms with Crippen LogP contribution >= 0.6 is 0 Å². The Hall–Kier alpha value is -2.27. The Labute approximate surface area is 131 Å².